The van der Waals surface area contributed by atoms with E-state index in [2.05, 4.69) is 16.8 Å². The van der Waals surface area contributed by atoms with Crippen LogP contribution in [-0.4, -0.2) is 47.0 Å². The minimum absolute atomic E-state index is 0.0546. The number of aromatic nitrogens is 2. The van der Waals surface area contributed by atoms with Crippen LogP contribution in [0.3, 0.4) is 0 Å². The van der Waals surface area contributed by atoms with Gasteiger partial charge in [0.2, 0.25) is 5.91 Å². The maximum atomic E-state index is 12.8. The second kappa shape index (κ2) is 8.87. The van der Waals surface area contributed by atoms with E-state index >= 15 is 0 Å². The third kappa shape index (κ3) is 4.28. The van der Waals surface area contributed by atoms with Crippen LogP contribution in [0.1, 0.15) is 36.0 Å². The van der Waals surface area contributed by atoms with Crippen LogP contribution in [0, 0.1) is 5.92 Å². The third-order valence-electron chi connectivity index (χ3n) is 6.61. The first kappa shape index (κ1) is 21.5. The molecule has 1 aliphatic carbocycles. The van der Waals surface area contributed by atoms with E-state index in [9.17, 15) is 9.59 Å². The molecule has 0 unspecified atom stereocenters. The average molecular weight is 471 g/mol. The number of nitrogens with zero attached hydrogens (tertiary/aromatic N) is 3. The first-order valence-electron chi connectivity index (χ1n) is 11.3. The lowest BCUT2D eigenvalue weighted by Crippen LogP contribution is -2.48. The molecule has 0 bridgehead atoms. The monoisotopic (exact) mass is 470 g/mol. The van der Waals surface area contributed by atoms with Crippen LogP contribution in [0.5, 0.6) is 0 Å². The number of aromatic amines is 1. The van der Waals surface area contributed by atoms with Crippen LogP contribution >= 0.6 is 22.9 Å². The first-order valence-corrected chi connectivity index (χ1v) is 12.5. The lowest BCUT2D eigenvalue weighted by molar-refractivity contribution is -0.131. The SMILES string of the molecule is C[C@@H]1CCc2c(sc3nc(CCC(=O)N4CCN(c5ccc(Cl)cc5)CC4)[nH]c(=O)c23)C1. The summed E-state index contributed by atoms with van der Waals surface area (Å²) in [5, 5.41) is 1.50. The molecular formula is C24H27ClN4O2S. The number of hydrogen-bond donors (Lipinski definition) is 1. The third-order valence-corrected chi connectivity index (χ3v) is 8.01. The number of rotatable bonds is 4. The van der Waals surface area contributed by atoms with Crippen molar-refractivity contribution in [3.05, 3.63) is 55.9 Å². The van der Waals surface area contributed by atoms with Gasteiger partial charge in [-0.05, 0) is 55.0 Å². The van der Waals surface area contributed by atoms with Gasteiger partial charge in [-0.1, -0.05) is 18.5 Å². The summed E-state index contributed by atoms with van der Waals surface area (Å²) in [6, 6.07) is 7.81. The number of carbonyl (C=O) groups is 1. The molecule has 3 heterocycles. The number of halogens is 1. The van der Waals surface area contributed by atoms with E-state index in [1.54, 1.807) is 11.3 Å². The van der Waals surface area contributed by atoms with Crippen molar-refractivity contribution in [2.45, 2.75) is 39.0 Å². The molecule has 1 N–H and O–H groups in total. The van der Waals surface area contributed by atoms with Crippen LogP contribution in [0.15, 0.2) is 29.1 Å². The Morgan fingerprint density at radius 2 is 1.97 bits per heavy atom. The van der Waals surface area contributed by atoms with E-state index in [-0.39, 0.29) is 11.5 Å². The second-order valence-corrected chi connectivity index (χ2v) is 10.4. The summed E-state index contributed by atoms with van der Waals surface area (Å²) in [4.78, 5) is 39.5. The van der Waals surface area contributed by atoms with Gasteiger partial charge in [0.05, 0.1) is 5.39 Å². The number of carbonyl (C=O) groups excluding carboxylic acids is 1. The van der Waals surface area contributed by atoms with Gasteiger partial charge in [-0.15, -0.1) is 11.3 Å². The minimum atomic E-state index is -0.0546. The number of fused-ring (bicyclic) bond motifs is 3. The van der Waals surface area contributed by atoms with Crippen molar-refractivity contribution in [3.63, 3.8) is 0 Å². The molecule has 168 valence electrons. The van der Waals surface area contributed by atoms with Crippen molar-refractivity contribution in [2.24, 2.45) is 5.92 Å². The number of H-pyrrole nitrogens is 1. The van der Waals surface area contributed by atoms with Gasteiger partial charge in [0.1, 0.15) is 10.7 Å². The molecular weight excluding hydrogens is 444 g/mol. The highest BCUT2D eigenvalue weighted by Gasteiger charge is 2.24. The van der Waals surface area contributed by atoms with Gasteiger partial charge in [0.15, 0.2) is 0 Å². The summed E-state index contributed by atoms with van der Waals surface area (Å²) in [5.41, 5.74) is 2.27. The van der Waals surface area contributed by atoms with Crippen molar-refractivity contribution >= 4 is 44.7 Å². The van der Waals surface area contributed by atoms with Gasteiger partial charge in [-0.25, -0.2) is 4.98 Å². The Kier molecular flexibility index (Phi) is 5.95. The molecule has 5 rings (SSSR count). The van der Waals surface area contributed by atoms with Crippen LogP contribution in [0.4, 0.5) is 5.69 Å². The largest absolute Gasteiger partial charge is 0.368 e. The number of thiophene rings is 1. The summed E-state index contributed by atoms with van der Waals surface area (Å²) in [7, 11) is 0. The number of nitrogens with one attached hydrogen (secondary N) is 1. The Morgan fingerprint density at radius 3 is 2.72 bits per heavy atom. The van der Waals surface area contributed by atoms with Crippen LogP contribution in [0.25, 0.3) is 10.2 Å². The fourth-order valence-electron chi connectivity index (χ4n) is 4.76. The molecule has 3 aromatic rings. The van der Waals surface area contributed by atoms with Gasteiger partial charge in [0, 0.05) is 54.6 Å². The molecule has 32 heavy (non-hydrogen) atoms. The number of benzene rings is 1. The lowest BCUT2D eigenvalue weighted by atomic mass is 9.89. The van der Waals surface area contributed by atoms with Gasteiger partial charge >= 0.3 is 0 Å². The average Bonchev–Trinajstić information content (AvgIpc) is 3.16. The number of anilines is 1. The molecule has 8 heteroatoms. The molecule has 1 saturated heterocycles. The van der Waals surface area contributed by atoms with Gasteiger partial charge < -0.3 is 14.8 Å². The summed E-state index contributed by atoms with van der Waals surface area (Å²) in [6.07, 6.45) is 3.93. The molecule has 1 amide bonds. The number of hydrogen-bond acceptors (Lipinski definition) is 5. The van der Waals surface area contributed by atoms with Gasteiger partial charge in [0.25, 0.3) is 5.56 Å². The molecule has 1 fully saturated rings. The molecule has 6 nitrogen and oxygen atoms in total. The number of piperazine rings is 1. The zero-order valence-corrected chi connectivity index (χ0v) is 19.8. The Balaban J connectivity index is 1.21. The van der Waals surface area contributed by atoms with E-state index in [0.717, 1.165) is 53.3 Å². The lowest BCUT2D eigenvalue weighted by Gasteiger charge is -2.36. The maximum Gasteiger partial charge on any atom is 0.259 e. The zero-order valence-electron chi connectivity index (χ0n) is 18.2. The van der Waals surface area contributed by atoms with Crippen molar-refractivity contribution in [1.82, 2.24) is 14.9 Å². The molecule has 1 atom stereocenters. The maximum absolute atomic E-state index is 12.8. The highest BCUT2D eigenvalue weighted by Crippen LogP contribution is 2.35. The highest BCUT2D eigenvalue weighted by atomic mass is 35.5. The predicted octanol–water partition coefficient (Wildman–Crippen LogP) is 4.04. The second-order valence-electron chi connectivity index (χ2n) is 8.89. The molecule has 2 aromatic heterocycles. The predicted molar refractivity (Wildman–Crippen MR) is 130 cm³/mol. The number of amides is 1. The Bertz CT molecular complexity index is 1200. The molecule has 0 saturated carbocycles. The highest BCUT2D eigenvalue weighted by molar-refractivity contribution is 7.18. The smallest absolute Gasteiger partial charge is 0.259 e. The Morgan fingerprint density at radius 1 is 1.22 bits per heavy atom. The fourth-order valence-corrected chi connectivity index (χ4v) is 6.29. The first-order chi connectivity index (χ1) is 15.5. The standard InChI is InChI=1S/C24H27ClN4O2S/c1-15-2-7-18-19(14-15)32-24-22(18)23(31)26-20(27-24)8-9-21(30)29-12-10-28(11-13-29)17-5-3-16(25)4-6-17/h3-6,15H,2,7-14H2,1H3,(H,26,27,31)/t15-/m1/s1. The number of aryl methyl sites for hydroxylation is 2. The van der Waals surface area contributed by atoms with E-state index in [4.69, 9.17) is 16.6 Å². The van der Waals surface area contributed by atoms with Crippen molar-refractivity contribution in [1.29, 1.82) is 0 Å². The summed E-state index contributed by atoms with van der Waals surface area (Å²) in [6.45, 7) is 5.25. The van der Waals surface area contributed by atoms with Crippen LogP contribution in [-0.2, 0) is 24.1 Å². The molecule has 0 spiro atoms. The van der Waals surface area contributed by atoms with E-state index < -0.39 is 0 Å². The van der Waals surface area contributed by atoms with Crippen molar-refractivity contribution in [3.8, 4) is 0 Å². The van der Waals surface area contributed by atoms with Crippen molar-refractivity contribution in [2.75, 3.05) is 31.1 Å². The normalized spacial score (nSPS) is 18.8. The minimum Gasteiger partial charge on any atom is -0.368 e. The molecule has 2 aliphatic rings. The fraction of sp³-hybridized carbons (Fsp3) is 0.458. The quantitative estimate of drug-likeness (QED) is 0.624. The zero-order chi connectivity index (χ0) is 22.2. The van der Waals surface area contributed by atoms with Crippen molar-refractivity contribution < 1.29 is 4.79 Å². The van der Waals surface area contributed by atoms with Gasteiger partial charge in [-0.2, -0.15) is 0 Å². The molecule has 0 radical (unpaired) electrons. The Hall–Kier alpha value is -2.38. The van der Waals surface area contributed by atoms with E-state index in [0.29, 0.717) is 37.7 Å². The van der Waals surface area contributed by atoms with E-state index in [1.165, 1.54) is 10.4 Å². The van der Waals surface area contributed by atoms with Crippen LogP contribution < -0.4 is 10.5 Å². The summed E-state index contributed by atoms with van der Waals surface area (Å²) < 4.78 is 0. The molecule has 1 aliphatic heterocycles. The van der Waals surface area contributed by atoms with Gasteiger partial charge in [-0.3, -0.25) is 9.59 Å². The van der Waals surface area contributed by atoms with E-state index in [1.807, 2.05) is 29.2 Å². The summed E-state index contributed by atoms with van der Waals surface area (Å²) in [5.74, 6) is 1.39. The Labute approximate surface area is 196 Å². The van der Waals surface area contributed by atoms with Crippen LogP contribution in [0.2, 0.25) is 5.02 Å². The summed E-state index contributed by atoms with van der Waals surface area (Å²) >= 11 is 7.63. The topological polar surface area (TPSA) is 69.3 Å². The molecule has 1 aromatic carbocycles.